The Morgan fingerprint density at radius 2 is 2.03 bits per heavy atom. The first-order chi connectivity index (χ1) is 14.0. The van der Waals surface area contributed by atoms with E-state index in [9.17, 15) is 4.79 Å². The molecule has 0 saturated heterocycles. The van der Waals surface area contributed by atoms with Crippen molar-refractivity contribution in [3.63, 3.8) is 0 Å². The fraction of sp³-hybridized carbons (Fsp3) is 0.105. The molecule has 0 radical (unpaired) electrons. The van der Waals surface area contributed by atoms with Crippen LogP contribution in [0.25, 0.3) is 23.0 Å². The predicted molar refractivity (Wildman–Crippen MR) is 108 cm³/mol. The quantitative estimate of drug-likeness (QED) is 0.518. The van der Waals surface area contributed by atoms with E-state index >= 15 is 0 Å². The van der Waals surface area contributed by atoms with E-state index in [1.165, 1.54) is 4.68 Å². The molecule has 0 saturated carbocycles. The molecular formula is C19H16ClN7O2. The lowest BCUT2D eigenvalue weighted by Gasteiger charge is -2.08. The molecular weight excluding hydrogens is 394 g/mol. The highest BCUT2D eigenvalue weighted by Gasteiger charge is 2.20. The number of anilines is 2. The standard InChI is InChI=1S/C19H16ClN7O2/c1-11-7-8-14(13(20)9-11)22-15(28)10-27-17(21)16(24-26-27)19-23-18(25-29-19)12-5-3-2-4-6-12/h2-9H,10,21H2,1H3,(H,22,28). The second kappa shape index (κ2) is 7.72. The zero-order chi connectivity index (χ0) is 20.4. The van der Waals surface area contributed by atoms with Gasteiger partial charge in [0.1, 0.15) is 6.54 Å². The van der Waals surface area contributed by atoms with Crippen LogP contribution < -0.4 is 11.1 Å². The monoisotopic (exact) mass is 409 g/mol. The third kappa shape index (κ3) is 3.94. The summed E-state index contributed by atoms with van der Waals surface area (Å²) in [6, 6.07) is 14.7. The first-order valence-electron chi connectivity index (χ1n) is 8.66. The molecule has 4 rings (SSSR count). The van der Waals surface area contributed by atoms with Gasteiger partial charge in [-0.1, -0.05) is 58.4 Å². The molecule has 4 aromatic rings. The van der Waals surface area contributed by atoms with E-state index in [0.717, 1.165) is 11.1 Å². The van der Waals surface area contributed by atoms with E-state index in [1.807, 2.05) is 43.3 Å². The number of rotatable bonds is 5. The van der Waals surface area contributed by atoms with Gasteiger partial charge < -0.3 is 15.6 Å². The second-order valence-electron chi connectivity index (χ2n) is 6.30. The topological polar surface area (TPSA) is 125 Å². The van der Waals surface area contributed by atoms with E-state index in [-0.39, 0.29) is 29.9 Å². The van der Waals surface area contributed by atoms with E-state index in [1.54, 1.807) is 12.1 Å². The van der Waals surface area contributed by atoms with Crippen molar-refractivity contribution < 1.29 is 9.32 Å². The molecule has 0 aliphatic rings. The summed E-state index contributed by atoms with van der Waals surface area (Å²) in [4.78, 5) is 16.6. The third-order valence-electron chi connectivity index (χ3n) is 4.13. The number of halogens is 1. The number of aromatic nitrogens is 5. The first-order valence-corrected chi connectivity index (χ1v) is 9.03. The van der Waals surface area contributed by atoms with Crippen molar-refractivity contribution in [2.45, 2.75) is 13.5 Å². The number of nitrogen functional groups attached to an aromatic ring is 1. The summed E-state index contributed by atoms with van der Waals surface area (Å²) in [6.07, 6.45) is 0. The zero-order valence-corrected chi connectivity index (χ0v) is 16.1. The molecule has 2 heterocycles. The van der Waals surface area contributed by atoms with Crippen LogP contribution >= 0.6 is 11.6 Å². The molecule has 29 heavy (non-hydrogen) atoms. The Hall–Kier alpha value is -3.72. The van der Waals surface area contributed by atoms with Gasteiger partial charge in [0.05, 0.1) is 10.7 Å². The summed E-state index contributed by atoms with van der Waals surface area (Å²) in [5, 5.41) is 15.0. The van der Waals surface area contributed by atoms with Crippen LogP contribution in [0.2, 0.25) is 5.02 Å². The van der Waals surface area contributed by atoms with Crippen molar-refractivity contribution in [1.82, 2.24) is 25.1 Å². The van der Waals surface area contributed by atoms with Crippen molar-refractivity contribution in [2.75, 3.05) is 11.1 Å². The van der Waals surface area contributed by atoms with Gasteiger partial charge in [-0.2, -0.15) is 4.98 Å². The lowest BCUT2D eigenvalue weighted by molar-refractivity contribution is -0.116. The van der Waals surface area contributed by atoms with Gasteiger partial charge in [-0.15, -0.1) is 5.10 Å². The smallest absolute Gasteiger partial charge is 0.282 e. The van der Waals surface area contributed by atoms with Crippen LogP contribution in [-0.2, 0) is 11.3 Å². The number of hydrogen-bond donors (Lipinski definition) is 2. The normalized spacial score (nSPS) is 10.8. The molecule has 0 atom stereocenters. The summed E-state index contributed by atoms with van der Waals surface area (Å²) in [7, 11) is 0. The largest absolute Gasteiger partial charge is 0.382 e. The highest BCUT2D eigenvalue weighted by atomic mass is 35.5. The number of hydrogen-bond acceptors (Lipinski definition) is 7. The van der Waals surface area contributed by atoms with Crippen LogP contribution in [0, 0.1) is 6.92 Å². The fourth-order valence-electron chi connectivity index (χ4n) is 2.66. The molecule has 0 aliphatic heterocycles. The first kappa shape index (κ1) is 18.6. The van der Waals surface area contributed by atoms with E-state index < -0.39 is 0 Å². The number of nitrogens with one attached hydrogen (secondary N) is 1. The molecule has 0 aliphatic carbocycles. The van der Waals surface area contributed by atoms with Crippen LogP contribution in [0.3, 0.4) is 0 Å². The average molecular weight is 410 g/mol. The Labute approximate surface area is 170 Å². The van der Waals surface area contributed by atoms with E-state index in [2.05, 4.69) is 25.8 Å². The Morgan fingerprint density at radius 3 is 2.79 bits per heavy atom. The highest BCUT2D eigenvalue weighted by molar-refractivity contribution is 6.33. The van der Waals surface area contributed by atoms with Crippen molar-refractivity contribution in [3.8, 4) is 23.0 Å². The van der Waals surface area contributed by atoms with Crippen LogP contribution in [0.1, 0.15) is 5.56 Å². The summed E-state index contributed by atoms with van der Waals surface area (Å²) in [5.41, 5.74) is 8.58. The van der Waals surface area contributed by atoms with Crippen molar-refractivity contribution in [2.24, 2.45) is 0 Å². The van der Waals surface area contributed by atoms with Crippen molar-refractivity contribution >= 4 is 29.0 Å². The Morgan fingerprint density at radius 1 is 1.24 bits per heavy atom. The van der Waals surface area contributed by atoms with Crippen LogP contribution in [-0.4, -0.2) is 31.0 Å². The number of amides is 1. The van der Waals surface area contributed by atoms with Crippen LogP contribution in [0.4, 0.5) is 11.5 Å². The van der Waals surface area contributed by atoms with Gasteiger partial charge >= 0.3 is 0 Å². The third-order valence-corrected chi connectivity index (χ3v) is 4.44. The molecule has 0 bridgehead atoms. The van der Waals surface area contributed by atoms with Gasteiger partial charge in [-0.05, 0) is 24.6 Å². The predicted octanol–water partition coefficient (Wildman–Crippen LogP) is 3.18. The van der Waals surface area contributed by atoms with Gasteiger partial charge in [0, 0.05) is 5.56 Å². The van der Waals surface area contributed by atoms with Gasteiger partial charge in [0.2, 0.25) is 11.7 Å². The molecule has 2 aromatic carbocycles. The maximum atomic E-state index is 12.3. The molecule has 10 heteroatoms. The summed E-state index contributed by atoms with van der Waals surface area (Å²) in [5.74, 6) is 0.309. The van der Waals surface area contributed by atoms with Crippen molar-refractivity contribution in [3.05, 3.63) is 59.1 Å². The van der Waals surface area contributed by atoms with Crippen molar-refractivity contribution in [1.29, 1.82) is 0 Å². The molecule has 1 amide bonds. The molecule has 0 fully saturated rings. The number of carbonyl (C=O) groups excluding carboxylic acids is 1. The molecule has 146 valence electrons. The molecule has 3 N–H and O–H groups in total. The van der Waals surface area contributed by atoms with Crippen LogP contribution in [0.5, 0.6) is 0 Å². The number of aryl methyl sites for hydroxylation is 1. The number of benzene rings is 2. The fourth-order valence-corrected chi connectivity index (χ4v) is 2.94. The second-order valence-corrected chi connectivity index (χ2v) is 6.71. The van der Waals surface area contributed by atoms with E-state index in [4.69, 9.17) is 21.9 Å². The van der Waals surface area contributed by atoms with Gasteiger partial charge in [0.15, 0.2) is 11.5 Å². The lowest BCUT2D eigenvalue weighted by Crippen LogP contribution is -2.21. The molecule has 0 unspecified atom stereocenters. The average Bonchev–Trinajstić information content (AvgIpc) is 3.32. The maximum absolute atomic E-state index is 12.3. The number of nitrogens with zero attached hydrogens (tertiary/aromatic N) is 5. The summed E-state index contributed by atoms with van der Waals surface area (Å²) < 4.78 is 6.50. The summed E-state index contributed by atoms with van der Waals surface area (Å²) >= 11 is 6.14. The Balaban J connectivity index is 1.50. The van der Waals surface area contributed by atoms with Gasteiger partial charge in [-0.3, -0.25) is 4.79 Å². The number of carbonyl (C=O) groups is 1. The van der Waals surface area contributed by atoms with Crippen LogP contribution in [0.15, 0.2) is 53.1 Å². The highest BCUT2D eigenvalue weighted by Crippen LogP contribution is 2.25. The Kier molecular flexibility index (Phi) is 4.96. The minimum Gasteiger partial charge on any atom is -0.382 e. The maximum Gasteiger partial charge on any atom is 0.282 e. The summed E-state index contributed by atoms with van der Waals surface area (Å²) in [6.45, 7) is 1.76. The minimum absolute atomic E-state index is 0.120. The molecule has 2 aromatic heterocycles. The molecule has 0 spiro atoms. The lowest BCUT2D eigenvalue weighted by atomic mass is 10.2. The zero-order valence-electron chi connectivity index (χ0n) is 15.3. The Bertz CT molecular complexity index is 1170. The van der Waals surface area contributed by atoms with Gasteiger partial charge in [0.25, 0.3) is 5.89 Å². The molecule has 9 nitrogen and oxygen atoms in total. The van der Waals surface area contributed by atoms with Gasteiger partial charge in [-0.25, -0.2) is 4.68 Å². The SMILES string of the molecule is Cc1ccc(NC(=O)Cn2nnc(-c3nc(-c4ccccc4)no3)c2N)c(Cl)c1. The minimum atomic E-state index is -0.352. The number of nitrogens with two attached hydrogens (primary N) is 1. The van der Waals surface area contributed by atoms with E-state index in [0.29, 0.717) is 16.5 Å².